The van der Waals surface area contributed by atoms with Crippen LogP contribution in [-0.2, 0) is 23.4 Å². The molecular weight excluding hydrogens is 399 g/mol. The molecule has 2 aromatic rings. The predicted octanol–water partition coefficient (Wildman–Crippen LogP) is 1.28. The van der Waals surface area contributed by atoms with Crippen LogP contribution in [0.15, 0.2) is 12.7 Å². The molecule has 0 spiro atoms. The van der Waals surface area contributed by atoms with E-state index in [1.54, 1.807) is 27.1 Å². The van der Waals surface area contributed by atoms with Gasteiger partial charge in [-0.15, -0.1) is 0 Å². The van der Waals surface area contributed by atoms with Crippen LogP contribution in [0.25, 0.3) is 11.2 Å². The Balaban J connectivity index is 1.35. The lowest BCUT2D eigenvalue weighted by Gasteiger charge is -2.22. The monoisotopic (exact) mass is 424 g/mol. The topological polar surface area (TPSA) is 143 Å². The third-order valence-electron chi connectivity index (χ3n) is 5.24. The van der Waals surface area contributed by atoms with Crippen LogP contribution in [0.5, 0.6) is 0 Å². The first-order valence-electron chi connectivity index (χ1n) is 9.54. The molecule has 12 heteroatoms. The van der Waals surface area contributed by atoms with Crippen molar-refractivity contribution in [3.8, 4) is 0 Å². The van der Waals surface area contributed by atoms with Gasteiger partial charge in [-0.2, -0.15) is 0 Å². The van der Waals surface area contributed by atoms with E-state index in [4.69, 9.17) is 19.7 Å². The zero-order valence-corrected chi connectivity index (χ0v) is 17.6. The maximum absolute atomic E-state index is 12.3. The Labute approximate surface area is 168 Å². The van der Waals surface area contributed by atoms with Crippen molar-refractivity contribution in [1.29, 1.82) is 0 Å². The maximum atomic E-state index is 12.3. The quantitative estimate of drug-likeness (QED) is 0.492. The zero-order valence-electron chi connectivity index (χ0n) is 16.6. The number of hydrogen-bond acceptors (Lipinski definition) is 9. The number of hydrogen-bond donors (Lipinski definition) is 2. The molecule has 7 atom stereocenters. The summed E-state index contributed by atoms with van der Waals surface area (Å²) in [7, 11) is -2.62. The van der Waals surface area contributed by atoms with Gasteiger partial charge >= 0.3 is 5.97 Å². The van der Waals surface area contributed by atoms with Crippen molar-refractivity contribution in [3.63, 3.8) is 0 Å². The number of nitrogen functional groups attached to an aromatic ring is 1. The second-order valence-corrected chi connectivity index (χ2v) is 8.83. The van der Waals surface area contributed by atoms with E-state index in [1.807, 2.05) is 11.5 Å². The van der Waals surface area contributed by atoms with Crippen LogP contribution in [0.4, 0.5) is 5.82 Å². The number of aromatic nitrogens is 4. The van der Waals surface area contributed by atoms with Crippen LogP contribution in [0, 0.1) is 11.8 Å². The first-order valence-corrected chi connectivity index (χ1v) is 10.9. The molecule has 1 aliphatic heterocycles. The van der Waals surface area contributed by atoms with E-state index >= 15 is 0 Å². The molecule has 0 radical (unpaired) electrons. The van der Waals surface area contributed by atoms with E-state index < -0.39 is 20.2 Å². The van der Waals surface area contributed by atoms with Crippen LogP contribution < -0.4 is 10.8 Å². The molecule has 1 aliphatic carbocycles. The summed E-state index contributed by atoms with van der Waals surface area (Å²) in [6, 6.07) is -0.712. The molecule has 11 nitrogen and oxygen atoms in total. The van der Waals surface area contributed by atoms with Crippen molar-refractivity contribution >= 4 is 31.1 Å². The minimum Gasteiger partial charge on any atom is -0.462 e. The lowest BCUT2D eigenvalue weighted by molar-refractivity contribution is -0.149. The number of nitrogens with zero attached hydrogens (tertiary/aromatic N) is 4. The predicted molar refractivity (Wildman–Crippen MR) is 104 cm³/mol. The molecule has 2 aromatic heterocycles. The summed E-state index contributed by atoms with van der Waals surface area (Å²) in [5.41, 5.74) is 6.99. The summed E-state index contributed by atoms with van der Waals surface area (Å²) in [4.78, 5) is 24.3. The Morgan fingerprint density at radius 2 is 2.10 bits per heavy atom. The number of carbonyl (C=O) groups is 1. The Kier molecular flexibility index (Phi) is 5.32. The minimum atomic E-state index is -2.62. The van der Waals surface area contributed by atoms with Crippen molar-refractivity contribution in [2.75, 3.05) is 5.73 Å². The highest BCUT2D eigenvalue weighted by Gasteiger charge is 2.64. The number of esters is 1. The van der Waals surface area contributed by atoms with Gasteiger partial charge in [0.2, 0.25) is 0 Å². The first-order chi connectivity index (χ1) is 13.8. The fourth-order valence-corrected chi connectivity index (χ4v) is 4.85. The van der Waals surface area contributed by atoms with Gasteiger partial charge in [-0.3, -0.25) is 13.9 Å². The zero-order chi connectivity index (χ0) is 20.9. The molecule has 158 valence electrons. The summed E-state index contributed by atoms with van der Waals surface area (Å²) in [6.45, 7) is 7.16. The molecule has 3 N–H and O–H groups in total. The molecule has 0 amide bonds. The molecule has 1 saturated carbocycles. The smallest absolute Gasteiger partial charge is 0.323 e. The number of nitrogens with two attached hydrogens (primary N) is 1. The fraction of sp³-hybridized carbons (Fsp3) is 0.647. The normalized spacial score (nSPS) is 30.3. The molecule has 1 saturated heterocycles. The molecule has 0 aromatic carbocycles. The van der Waals surface area contributed by atoms with Gasteiger partial charge in [0.05, 0.1) is 24.6 Å². The van der Waals surface area contributed by atoms with E-state index in [0.717, 1.165) is 0 Å². The lowest BCUT2D eigenvalue weighted by atomic mass is 10.1. The molecule has 0 bridgehead atoms. The summed E-state index contributed by atoms with van der Waals surface area (Å²) < 4.78 is 31.0. The van der Waals surface area contributed by atoms with E-state index in [-0.39, 0.29) is 36.4 Å². The largest absolute Gasteiger partial charge is 0.462 e. The van der Waals surface area contributed by atoms with Crippen molar-refractivity contribution in [2.24, 2.45) is 11.8 Å². The van der Waals surface area contributed by atoms with Crippen LogP contribution >= 0.6 is 8.18 Å². The van der Waals surface area contributed by atoms with Crippen LogP contribution in [0.1, 0.15) is 33.9 Å². The number of ether oxygens (including phenoxy) is 2. The van der Waals surface area contributed by atoms with Crippen molar-refractivity contribution in [1.82, 2.24) is 24.6 Å². The van der Waals surface area contributed by atoms with Gasteiger partial charge in [0.25, 0.3) is 8.18 Å². The number of imidazole rings is 1. The van der Waals surface area contributed by atoms with Gasteiger partial charge in [-0.25, -0.2) is 20.0 Å². The molecule has 2 fully saturated rings. The van der Waals surface area contributed by atoms with Crippen molar-refractivity contribution in [2.45, 2.75) is 58.3 Å². The number of fused-ring (bicyclic) bond motifs is 2. The molecular formula is C17H25N6O5P. The van der Waals surface area contributed by atoms with Gasteiger partial charge in [0, 0.05) is 11.8 Å². The first kappa shape index (κ1) is 20.2. The Morgan fingerprint density at radius 3 is 2.76 bits per heavy atom. The summed E-state index contributed by atoms with van der Waals surface area (Å²) in [5, 5.41) is 2.68. The summed E-state index contributed by atoms with van der Waals surface area (Å²) in [6.07, 6.45) is 2.10. The van der Waals surface area contributed by atoms with E-state index in [0.29, 0.717) is 17.0 Å². The second-order valence-electron chi connectivity index (χ2n) is 7.73. The fourth-order valence-electron chi connectivity index (χ4n) is 3.77. The van der Waals surface area contributed by atoms with Crippen LogP contribution in [0.3, 0.4) is 0 Å². The molecule has 3 heterocycles. The van der Waals surface area contributed by atoms with Gasteiger partial charge < -0.3 is 19.7 Å². The Bertz CT molecular complexity index is 952. The number of rotatable bonds is 7. The van der Waals surface area contributed by atoms with Crippen molar-refractivity contribution < 1.29 is 23.4 Å². The van der Waals surface area contributed by atoms with E-state index in [2.05, 4.69) is 20.0 Å². The van der Waals surface area contributed by atoms with Gasteiger partial charge in [-0.05, 0) is 20.8 Å². The van der Waals surface area contributed by atoms with Crippen molar-refractivity contribution in [3.05, 3.63) is 12.7 Å². The summed E-state index contributed by atoms with van der Waals surface area (Å²) >= 11 is 0. The van der Waals surface area contributed by atoms with Crippen LogP contribution in [0.2, 0.25) is 0 Å². The highest BCUT2D eigenvalue weighted by molar-refractivity contribution is 7.36. The van der Waals surface area contributed by atoms with E-state index in [9.17, 15) is 9.36 Å². The minimum absolute atomic E-state index is 0.0942. The SMILES string of the molecule is CC(C)OC(=O)[C@@H](C)N[PH](=O)OC1C2[C@@H]1O[C@@H](n1cnc3c(N)ncnc31)[C@H]2C. The highest BCUT2D eigenvalue weighted by Crippen LogP contribution is 2.57. The van der Waals surface area contributed by atoms with Gasteiger partial charge in [0.1, 0.15) is 24.1 Å². The van der Waals surface area contributed by atoms with Gasteiger partial charge in [-0.1, -0.05) is 6.92 Å². The number of anilines is 1. The molecule has 3 unspecified atom stereocenters. The third kappa shape index (κ3) is 3.75. The van der Waals surface area contributed by atoms with E-state index in [1.165, 1.54) is 6.33 Å². The maximum Gasteiger partial charge on any atom is 0.323 e. The highest BCUT2D eigenvalue weighted by atomic mass is 31.1. The second kappa shape index (κ2) is 7.64. The number of carbonyl (C=O) groups excluding carboxylic acids is 1. The number of nitrogens with one attached hydrogen (secondary N) is 1. The van der Waals surface area contributed by atoms with Crippen LogP contribution in [-0.4, -0.2) is 49.8 Å². The summed E-state index contributed by atoms with van der Waals surface area (Å²) in [5.74, 6) is 0.0541. The lowest BCUT2D eigenvalue weighted by Crippen LogP contribution is -2.33. The third-order valence-corrected chi connectivity index (χ3v) is 6.39. The Morgan fingerprint density at radius 1 is 1.34 bits per heavy atom. The molecule has 4 rings (SSSR count). The Hall–Kier alpha value is -2.07. The average Bonchev–Trinajstić information content (AvgIpc) is 2.98. The average molecular weight is 424 g/mol. The van der Waals surface area contributed by atoms with Gasteiger partial charge in [0.15, 0.2) is 11.5 Å². The standard InChI is InChI=1S/C17H25N6O5P/c1-7(2)26-17(24)9(4)22-29(25)28-13-10-8(3)16(27-12(10)13)23-6-21-11-14(18)19-5-20-15(11)23/h5-10,12-13,16,29H,1-4H3,(H,22,25)(H2,18,19,20)/t8-,9+,10?,12-,13?,16+/m0/s1. The molecule has 29 heavy (non-hydrogen) atoms. The molecule has 2 aliphatic rings.